The average molecular weight is 387 g/mol. The summed E-state index contributed by atoms with van der Waals surface area (Å²) in [4.78, 5) is 10.6. The SMILES string of the molecule is CCCCCC(CCCC(O)CC(=O)O)OC1OC(C)C(O)C(O)C1O.[HH].[HH].[HH].[HH]. The molecule has 1 fully saturated rings. The van der Waals surface area contributed by atoms with Crippen molar-refractivity contribution in [1.82, 2.24) is 0 Å². The Labute approximate surface area is 160 Å². The van der Waals surface area contributed by atoms with Crippen LogP contribution in [0.2, 0.25) is 0 Å². The Kier molecular flexibility index (Phi) is 10.6. The maximum atomic E-state index is 10.6. The third-order valence-electron chi connectivity index (χ3n) is 4.74. The van der Waals surface area contributed by atoms with Crippen molar-refractivity contribution >= 4 is 5.97 Å². The Bertz CT molecular complexity index is 422. The van der Waals surface area contributed by atoms with Gasteiger partial charge in [-0.25, -0.2) is 0 Å². The van der Waals surface area contributed by atoms with Crippen molar-refractivity contribution in [1.29, 1.82) is 0 Å². The molecule has 0 amide bonds. The second-order valence-corrected chi connectivity index (χ2v) is 7.12. The van der Waals surface area contributed by atoms with Gasteiger partial charge in [-0.1, -0.05) is 26.2 Å². The van der Waals surface area contributed by atoms with Gasteiger partial charge in [0.25, 0.3) is 0 Å². The number of unbranched alkanes of at least 4 members (excludes halogenated alkanes) is 2. The van der Waals surface area contributed by atoms with E-state index in [0.29, 0.717) is 19.3 Å². The molecule has 26 heavy (non-hydrogen) atoms. The van der Waals surface area contributed by atoms with Gasteiger partial charge in [0.1, 0.15) is 18.3 Å². The van der Waals surface area contributed by atoms with Gasteiger partial charge in [-0.3, -0.25) is 4.79 Å². The van der Waals surface area contributed by atoms with Crippen LogP contribution in [0.4, 0.5) is 0 Å². The number of ether oxygens (including phenoxy) is 2. The molecule has 0 aromatic heterocycles. The molecule has 0 bridgehead atoms. The second-order valence-electron chi connectivity index (χ2n) is 7.12. The molecular weight excluding hydrogens is 344 g/mol. The van der Waals surface area contributed by atoms with Gasteiger partial charge in [0.2, 0.25) is 0 Å². The van der Waals surface area contributed by atoms with Gasteiger partial charge in [-0.15, -0.1) is 0 Å². The van der Waals surface area contributed by atoms with Gasteiger partial charge >= 0.3 is 5.97 Å². The first-order chi connectivity index (χ1) is 12.3. The minimum absolute atomic E-state index is 0. The van der Waals surface area contributed by atoms with Crippen molar-refractivity contribution in [3.63, 3.8) is 0 Å². The molecule has 5 N–H and O–H groups in total. The molecular formula is C18H42O8. The van der Waals surface area contributed by atoms with Gasteiger partial charge in [-0.05, 0) is 32.6 Å². The molecule has 0 aromatic carbocycles. The first-order valence-corrected chi connectivity index (χ1v) is 9.51. The lowest BCUT2D eigenvalue weighted by Gasteiger charge is -2.40. The largest absolute Gasteiger partial charge is 0.481 e. The van der Waals surface area contributed by atoms with E-state index in [-0.39, 0.29) is 18.2 Å². The summed E-state index contributed by atoms with van der Waals surface area (Å²) in [7, 11) is 0. The zero-order chi connectivity index (χ0) is 19.7. The summed E-state index contributed by atoms with van der Waals surface area (Å²) in [5.74, 6) is -1.03. The standard InChI is InChI=1S/C18H34O8.4H2/c1-3-4-5-8-13(9-6-7-12(19)10-14(20)21)26-18-17(24)16(23)15(22)11(2)25-18;;;;/h11-13,15-19,22-24H,3-10H2,1-2H3,(H,20,21);4*1H. The first-order valence-electron chi connectivity index (χ1n) is 9.51. The highest BCUT2D eigenvalue weighted by atomic mass is 16.7. The zero-order valence-corrected chi connectivity index (χ0v) is 15.7. The Morgan fingerprint density at radius 1 is 1.08 bits per heavy atom. The van der Waals surface area contributed by atoms with Crippen molar-refractivity contribution in [2.45, 2.75) is 108 Å². The number of hydrogen-bond acceptors (Lipinski definition) is 7. The van der Waals surface area contributed by atoms with E-state index in [1.165, 1.54) is 0 Å². The topological polar surface area (TPSA) is 137 Å². The molecule has 0 radical (unpaired) electrons. The first kappa shape index (κ1) is 23.3. The van der Waals surface area contributed by atoms with Crippen molar-refractivity contribution in [3.8, 4) is 0 Å². The third kappa shape index (κ3) is 7.85. The maximum absolute atomic E-state index is 10.6. The van der Waals surface area contributed by atoms with Crippen LogP contribution in [-0.2, 0) is 14.3 Å². The van der Waals surface area contributed by atoms with E-state index in [2.05, 4.69) is 6.92 Å². The minimum atomic E-state index is -1.34. The van der Waals surface area contributed by atoms with Crippen molar-refractivity contribution in [3.05, 3.63) is 0 Å². The third-order valence-corrected chi connectivity index (χ3v) is 4.74. The highest BCUT2D eigenvalue weighted by Gasteiger charge is 2.43. The number of aliphatic carboxylic acids is 1. The van der Waals surface area contributed by atoms with Gasteiger partial charge < -0.3 is 35.0 Å². The average Bonchev–Trinajstić information content (AvgIpc) is 2.57. The maximum Gasteiger partial charge on any atom is 0.305 e. The lowest BCUT2D eigenvalue weighted by Crippen LogP contribution is -2.57. The molecule has 1 aliphatic heterocycles. The van der Waals surface area contributed by atoms with E-state index < -0.39 is 42.8 Å². The number of rotatable bonds is 12. The van der Waals surface area contributed by atoms with E-state index in [4.69, 9.17) is 14.6 Å². The van der Waals surface area contributed by atoms with Gasteiger partial charge in [0.15, 0.2) is 6.29 Å². The number of aliphatic hydroxyl groups excluding tert-OH is 4. The molecule has 8 heteroatoms. The Hall–Kier alpha value is -0.770. The van der Waals surface area contributed by atoms with Crippen molar-refractivity contribution in [2.75, 3.05) is 0 Å². The smallest absolute Gasteiger partial charge is 0.305 e. The van der Waals surface area contributed by atoms with Crippen LogP contribution in [0.1, 0.15) is 70.9 Å². The van der Waals surface area contributed by atoms with E-state index in [1.54, 1.807) is 6.92 Å². The lowest BCUT2D eigenvalue weighted by atomic mass is 9.99. The van der Waals surface area contributed by atoms with Crippen molar-refractivity contribution in [2.24, 2.45) is 0 Å². The molecule has 7 unspecified atom stereocenters. The molecule has 7 atom stereocenters. The molecule has 1 heterocycles. The van der Waals surface area contributed by atoms with Crippen LogP contribution in [0.3, 0.4) is 0 Å². The van der Waals surface area contributed by atoms with Crippen LogP contribution in [-0.4, -0.2) is 74.4 Å². The molecule has 0 saturated carbocycles. The summed E-state index contributed by atoms with van der Waals surface area (Å²) in [6, 6.07) is 0. The molecule has 162 valence electrons. The van der Waals surface area contributed by atoms with E-state index in [9.17, 15) is 25.2 Å². The normalized spacial score (nSPS) is 31.5. The van der Waals surface area contributed by atoms with Gasteiger partial charge in [-0.2, -0.15) is 0 Å². The monoisotopic (exact) mass is 386 g/mol. The van der Waals surface area contributed by atoms with Gasteiger partial charge in [0, 0.05) is 5.71 Å². The molecule has 1 saturated heterocycles. The van der Waals surface area contributed by atoms with Crippen LogP contribution in [0, 0.1) is 0 Å². The van der Waals surface area contributed by atoms with Crippen LogP contribution in [0.15, 0.2) is 0 Å². The number of carboxylic acids is 1. The fourth-order valence-electron chi connectivity index (χ4n) is 3.10. The molecule has 1 rings (SSSR count). The van der Waals surface area contributed by atoms with Crippen LogP contribution in [0.25, 0.3) is 0 Å². The summed E-state index contributed by atoms with van der Waals surface area (Å²) in [5, 5.41) is 48.1. The number of carbonyl (C=O) groups is 1. The Morgan fingerprint density at radius 3 is 2.35 bits per heavy atom. The Balaban J connectivity index is -0.000000845. The highest BCUT2D eigenvalue weighted by molar-refractivity contribution is 5.67. The van der Waals surface area contributed by atoms with Gasteiger partial charge in [0.05, 0.1) is 24.7 Å². The zero-order valence-electron chi connectivity index (χ0n) is 15.7. The number of carboxylic acid groups (broad SMARTS) is 1. The summed E-state index contributed by atoms with van der Waals surface area (Å²) >= 11 is 0. The molecule has 0 aliphatic carbocycles. The quantitative estimate of drug-likeness (QED) is 0.320. The second kappa shape index (κ2) is 11.8. The summed E-state index contributed by atoms with van der Waals surface area (Å²) in [6.45, 7) is 3.69. The lowest BCUT2D eigenvalue weighted by molar-refractivity contribution is -0.305. The fraction of sp³-hybridized carbons (Fsp3) is 0.944. The van der Waals surface area contributed by atoms with Crippen LogP contribution in [0.5, 0.6) is 0 Å². The van der Waals surface area contributed by atoms with Crippen LogP contribution < -0.4 is 0 Å². The van der Waals surface area contributed by atoms with E-state index >= 15 is 0 Å². The van der Waals surface area contributed by atoms with Crippen molar-refractivity contribution < 1.29 is 45.5 Å². The van der Waals surface area contributed by atoms with Crippen LogP contribution >= 0.6 is 0 Å². The minimum Gasteiger partial charge on any atom is -0.481 e. The summed E-state index contributed by atoms with van der Waals surface area (Å²) in [6.07, 6.45) is -1.68. The Morgan fingerprint density at radius 2 is 1.73 bits per heavy atom. The molecule has 0 spiro atoms. The molecule has 0 aromatic rings. The highest BCUT2D eigenvalue weighted by Crippen LogP contribution is 2.25. The van der Waals surface area contributed by atoms with E-state index in [1.807, 2.05) is 0 Å². The van der Waals surface area contributed by atoms with E-state index in [0.717, 1.165) is 25.7 Å². The molecule has 1 aliphatic rings. The summed E-state index contributed by atoms with van der Waals surface area (Å²) < 4.78 is 11.3. The number of hydrogen-bond donors (Lipinski definition) is 5. The number of aliphatic hydroxyl groups is 4. The fourth-order valence-corrected chi connectivity index (χ4v) is 3.10. The predicted octanol–water partition coefficient (Wildman–Crippen LogP) is 1.77. The molecule has 8 nitrogen and oxygen atoms in total. The summed E-state index contributed by atoms with van der Waals surface area (Å²) in [5.41, 5.74) is 0. The predicted molar refractivity (Wildman–Crippen MR) is 102 cm³/mol.